The number of hydrogen-bond donors (Lipinski definition) is 0. The van der Waals surface area contributed by atoms with Gasteiger partial charge in [-0.3, -0.25) is 4.79 Å². The molecule has 0 N–H and O–H groups in total. The summed E-state index contributed by atoms with van der Waals surface area (Å²) in [6, 6.07) is 32.0. The average Bonchev–Trinajstić information content (AvgIpc) is 3.24. The molecular formula is C31H25F2NO2. The van der Waals surface area contributed by atoms with Crippen molar-refractivity contribution >= 4 is 23.2 Å². The van der Waals surface area contributed by atoms with Gasteiger partial charge < -0.3 is 9.64 Å². The van der Waals surface area contributed by atoms with Crippen molar-refractivity contribution in [2.45, 2.75) is 26.0 Å². The molecule has 4 aromatic carbocycles. The zero-order valence-corrected chi connectivity index (χ0v) is 19.8. The fraction of sp³-hybridized carbons (Fsp3) is 0.129. The van der Waals surface area contributed by atoms with Crippen LogP contribution in [0.5, 0.6) is 5.75 Å². The molecule has 0 saturated carbocycles. The van der Waals surface area contributed by atoms with E-state index >= 15 is 0 Å². The minimum atomic E-state index is -2.96. The summed E-state index contributed by atoms with van der Waals surface area (Å²) in [5.74, 6) is -0.166. The lowest BCUT2D eigenvalue weighted by molar-refractivity contribution is -0.113. The molecule has 0 fully saturated rings. The molecule has 1 amide bonds. The highest BCUT2D eigenvalue weighted by Crippen LogP contribution is 2.36. The van der Waals surface area contributed by atoms with Gasteiger partial charge >= 0.3 is 6.61 Å². The van der Waals surface area contributed by atoms with Gasteiger partial charge in [0.1, 0.15) is 5.75 Å². The Labute approximate surface area is 209 Å². The first-order valence-corrected chi connectivity index (χ1v) is 11.8. The Bertz CT molecular complexity index is 1400. The van der Waals surface area contributed by atoms with Gasteiger partial charge in [0.15, 0.2) is 0 Å². The largest absolute Gasteiger partial charge is 0.434 e. The first-order valence-electron chi connectivity index (χ1n) is 11.8. The number of alkyl halides is 2. The molecule has 1 atom stereocenters. The second kappa shape index (κ2) is 10.2. The van der Waals surface area contributed by atoms with E-state index in [0.29, 0.717) is 16.7 Å². The van der Waals surface area contributed by atoms with Gasteiger partial charge in [0, 0.05) is 22.9 Å². The van der Waals surface area contributed by atoms with Gasteiger partial charge in [-0.1, -0.05) is 91.0 Å². The molecule has 5 rings (SSSR count). The first kappa shape index (κ1) is 23.5. The minimum absolute atomic E-state index is 0.0218. The number of para-hydroxylation sites is 2. The Kier molecular flexibility index (Phi) is 6.63. The molecule has 180 valence electrons. The number of anilines is 1. The maximum absolute atomic E-state index is 14.1. The number of hydrogen-bond acceptors (Lipinski definition) is 2. The fourth-order valence-electron chi connectivity index (χ4n) is 4.70. The van der Waals surface area contributed by atoms with Crippen LogP contribution in [0.25, 0.3) is 22.8 Å². The van der Waals surface area contributed by atoms with Crippen LogP contribution >= 0.6 is 0 Å². The van der Waals surface area contributed by atoms with E-state index in [0.717, 1.165) is 28.8 Å². The van der Waals surface area contributed by atoms with E-state index in [1.807, 2.05) is 85.8 Å². The number of halogens is 2. The molecule has 0 bridgehead atoms. The summed E-state index contributed by atoms with van der Waals surface area (Å²) in [6.45, 7) is -0.948. The van der Waals surface area contributed by atoms with Crippen molar-refractivity contribution in [3.63, 3.8) is 0 Å². The zero-order chi connectivity index (χ0) is 25.1. The molecule has 0 radical (unpaired) electrons. The van der Waals surface area contributed by atoms with Gasteiger partial charge in [0.05, 0.1) is 0 Å². The molecule has 1 aliphatic rings. The van der Waals surface area contributed by atoms with E-state index in [1.54, 1.807) is 29.2 Å². The van der Waals surface area contributed by atoms with Crippen LogP contribution in [0.4, 0.5) is 14.5 Å². The van der Waals surface area contributed by atoms with Crippen LogP contribution in [0.3, 0.4) is 0 Å². The van der Waals surface area contributed by atoms with E-state index in [1.165, 1.54) is 6.07 Å². The summed E-state index contributed by atoms with van der Waals surface area (Å²) < 4.78 is 30.9. The summed E-state index contributed by atoms with van der Waals surface area (Å²) in [4.78, 5) is 15.9. The standard InChI is InChI=1S/C31H25F2NO2/c1-21-19-25-11-5-7-13-28(25)34(21)30(35)27(20-26-12-6-8-14-29(26)36-31(32)33)24-17-15-23(16-18-24)22-9-3-2-4-10-22/h2-18,20-21,31H,19H2,1H3/b27-20+. The van der Waals surface area contributed by atoms with Crippen molar-refractivity contribution in [2.75, 3.05) is 4.90 Å². The van der Waals surface area contributed by atoms with Crippen LogP contribution < -0.4 is 9.64 Å². The molecule has 0 aromatic heterocycles. The second-order valence-electron chi connectivity index (χ2n) is 8.77. The van der Waals surface area contributed by atoms with Gasteiger partial charge in [0.2, 0.25) is 0 Å². The van der Waals surface area contributed by atoms with Crippen molar-refractivity contribution in [1.82, 2.24) is 0 Å². The van der Waals surface area contributed by atoms with Crippen LogP contribution in [0.15, 0.2) is 103 Å². The number of ether oxygens (including phenoxy) is 1. The first-order chi connectivity index (χ1) is 17.5. The van der Waals surface area contributed by atoms with Crippen molar-refractivity contribution < 1.29 is 18.3 Å². The van der Waals surface area contributed by atoms with Crippen molar-refractivity contribution in [2.24, 2.45) is 0 Å². The van der Waals surface area contributed by atoms with Crippen molar-refractivity contribution in [3.05, 3.63) is 120 Å². The normalized spacial score (nSPS) is 15.2. The minimum Gasteiger partial charge on any atom is -0.434 e. The molecule has 0 spiro atoms. The summed E-state index contributed by atoms with van der Waals surface area (Å²) in [6.07, 6.45) is 2.40. The Balaban J connectivity index is 1.60. The van der Waals surface area contributed by atoms with Crippen molar-refractivity contribution in [1.29, 1.82) is 0 Å². The molecular weight excluding hydrogens is 456 g/mol. The lowest BCUT2D eigenvalue weighted by Crippen LogP contribution is -2.36. The number of benzene rings is 4. The maximum Gasteiger partial charge on any atom is 0.387 e. The van der Waals surface area contributed by atoms with Gasteiger partial charge in [-0.2, -0.15) is 8.78 Å². The molecule has 0 aliphatic carbocycles. The molecule has 1 unspecified atom stereocenters. The third-order valence-electron chi connectivity index (χ3n) is 6.39. The predicted molar refractivity (Wildman–Crippen MR) is 140 cm³/mol. The summed E-state index contributed by atoms with van der Waals surface area (Å²) in [5, 5.41) is 0. The predicted octanol–water partition coefficient (Wildman–Crippen LogP) is 7.47. The van der Waals surface area contributed by atoms with E-state index in [9.17, 15) is 13.6 Å². The lowest BCUT2D eigenvalue weighted by atomic mass is 9.97. The molecule has 5 heteroatoms. The third kappa shape index (κ3) is 4.78. The maximum atomic E-state index is 14.1. The zero-order valence-electron chi connectivity index (χ0n) is 19.8. The van der Waals surface area contributed by atoms with Crippen molar-refractivity contribution in [3.8, 4) is 16.9 Å². The van der Waals surface area contributed by atoms with Crippen LogP contribution in [0, 0.1) is 0 Å². The number of carbonyl (C=O) groups excluding carboxylic acids is 1. The molecule has 4 aromatic rings. The molecule has 1 aliphatic heterocycles. The highest BCUT2D eigenvalue weighted by molar-refractivity contribution is 6.30. The monoisotopic (exact) mass is 481 g/mol. The average molecular weight is 482 g/mol. The van der Waals surface area contributed by atoms with Crippen LogP contribution in [0.2, 0.25) is 0 Å². The molecule has 3 nitrogen and oxygen atoms in total. The summed E-state index contributed by atoms with van der Waals surface area (Å²) in [7, 11) is 0. The lowest BCUT2D eigenvalue weighted by Gasteiger charge is -2.24. The molecule has 36 heavy (non-hydrogen) atoms. The fourth-order valence-corrected chi connectivity index (χ4v) is 4.70. The highest BCUT2D eigenvalue weighted by atomic mass is 19.3. The van der Waals surface area contributed by atoms with Crippen LogP contribution in [0.1, 0.15) is 23.6 Å². The number of nitrogens with zero attached hydrogens (tertiary/aromatic N) is 1. The number of rotatable bonds is 6. The van der Waals surface area contributed by atoms with Gasteiger partial charge in [-0.25, -0.2) is 0 Å². The summed E-state index contributed by atoms with van der Waals surface area (Å²) in [5.41, 5.74) is 5.59. The van der Waals surface area contributed by atoms with Crippen LogP contribution in [-0.4, -0.2) is 18.6 Å². The quantitative estimate of drug-likeness (QED) is 0.211. The SMILES string of the molecule is CC1Cc2ccccc2N1C(=O)/C(=C/c1ccccc1OC(F)F)c1ccc(-c2ccccc2)cc1. The Hall–Kier alpha value is -4.25. The van der Waals surface area contributed by atoms with E-state index < -0.39 is 6.61 Å². The summed E-state index contributed by atoms with van der Waals surface area (Å²) >= 11 is 0. The van der Waals surface area contributed by atoms with Gasteiger partial charge in [0.25, 0.3) is 5.91 Å². The molecule has 1 heterocycles. The number of fused-ring (bicyclic) bond motifs is 1. The number of carbonyl (C=O) groups is 1. The van der Waals surface area contributed by atoms with E-state index in [4.69, 9.17) is 4.74 Å². The van der Waals surface area contributed by atoms with Gasteiger partial charge in [-0.05, 0) is 53.8 Å². The van der Waals surface area contributed by atoms with E-state index in [-0.39, 0.29) is 17.7 Å². The smallest absolute Gasteiger partial charge is 0.387 e. The topological polar surface area (TPSA) is 29.5 Å². The Morgan fingerprint density at radius 2 is 1.50 bits per heavy atom. The second-order valence-corrected chi connectivity index (χ2v) is 8.77. The molecule has 0 saturated heterocycles. The highest BCUT2D eigenvalue weighted by Gasteiger charge is 2.32. The Morgan fingerprint density at radius 1 is 0.861 bits per heavy atom. The van der Waals surface area contributed by atoms with Crippen LogP contribution in [-0.2, 0) is 11.2 Å². The Morgan fingerprint density at radius 3 is 2.25 bits per heavy atom. The van der Waals surface area contributed by atoms with E-state index in [2.05, 4.69) is 0 Å². The third-order valence-corrected chi connectivity index (χ3v) is 6.39. The van der Waals surface area contributed by atoms with Gasteiger partial charge in [-0.15, -0.1) is 0 Å². The number of amides is 1.